The van der Waals surface area contributed by atoms with E-state index in [9.17, 15) is 14.7 Å². The molecule has 11 heteroatoms. The van der Waals surface area contributed by atoms with Crippen molar-refractivity contribution in [1.82, 2.24) is 19.9 Å². The van der Waals surface area contributed by atoms with Crippen LogP contribution in [0.3, 0.4) is 0 Å². The van der Waals surface area contributed by atoms with Gasteiger partial charge in [-0.1, -0.05) is 45.0 Å². The molecular formula is C33H37N7O4. The zero-order valence-electron chi connectivity index (χ0n) is 25.3. The number of anilines is 4. The molecule has 1 saturated heterocycles. The quantitative estimate of drug-likeness (QED) is 0.241. The number of hydrogen-bond donors (Lipinski definition) is 4. The summed E-state index contributed by atoms with van der Waals surface area (Å²) in [7, 11) is 0. The molecule has 2 heterocycles. The minimum Gasteiger partial charge on any atom is -0.394 e. The monoisotopic (exact) mass is 595 g/mol. The van der Waals surface area contributed by atoms with Crippen LogP contribution in [0.2, 0.25) is 0 Å². The summed E-state index contributed by atoms with van der Waals surface area (Å²) in [5.41, 5.74) is 11.0. The Labute approximate surface area is 256 Å². The van der Waals surface area contributed by atoms with Crippen molar-refractivity contribution in [3.05, 3.63) is 89.0 Å². The van der Waals surface area contributed by atoms with Crippen LogP contribution in [-0.2, 0) is 10.2 Å². The van der Waals surface area contributed by atoms with E-state index in [-0.39, 0.29) is 41.8 Å². The summed E-state index contributed by atoms with van der Waals surface area (Å²) in [4.78, 5) is 40.8. The van der Waals surface area contributed by atoms with Crippen molar-refractivity contribution < 1.29 is 19.4 Å². The van der Waals surface area contributed by atoms with Gasteiger partial charge in [-0.2, -0.15) is 15.0 Å². The molecule has 0 spiro atoms. The summed E-state index contributed by atoms with van der Waals surface area (Å²) in [5.74, 6) is 0.213. The van der Waals surface area contributed by atoms with Crippen LogP contribution >= 0.6 is 0 Å². The lowest BCUT2D eigenvalue weighted by Gasteiger charge is -2.34. The second-order valence-electron chi connectivity index (χ2n) is 11.7. The number of rotatable bonds is 7. The van der Waals surface area contributed by atoms with Gasteiger partial charge in [-0.25, -0.2) is 0 Å². The zero-order valence-corrected chi connectivity index (χ0v) is 25.3. The van der Waals surface area contributed by atoms with Crippen molar-refractivity contribution in [2.45, 2.75) is 39.2 Å². The predicted molar refractivity (Wildman–Crippen MR) is 170 cm³/mol. The molecule has 11 nitrogen and oxygen atoms in total. The molecule has 0 aliphatic carbocycles. The second kappa shape index (κ2) is 12.8. The van der Waals surface area contributed by atoms with Gasteiger partial charge in [0.1, 0.15) is 0 Å². The standard InChI is InChI=1S/C33H37N7O4/c1-20-26(6-5-7-27(20)36-29(42)21-8-12-23(13-9-21)33(2,3)4)28-37-31(34)39-32(38-28)35-24-14-10-22(11-15-24)30(43)40-16-17-44-19-25(40)18-41/h5-15,25,41H,16-19H2,1-4H3,(H,36,42)(H3,34,35,37,38,39). The predicted octanol–water partition coefficient (Wildman–Crippen LogP) is 4.56. The van der Waals surface area contributed by atoms with E-state index in [4.69, 9.17) is 10.5 Å². The van der Waals surface area contributed by atoms with Crippen LogP contribution in [0.25, 0.3) is 11.4 Å². The summed E-state index contributed by atoms with van der Waals surface area (Å²) >= 11 is 0. The number of aliphatic hydroxyl groups is 1. The number of amides is 2. The highest BCUT2D eigenvalue weighted by molar-refractivity contribution is 6.05. The van der Waals surface area contributed by atoms with Crippen LogP contribution in [0.1, 0.15) is 52.6 Å². The molecule has 4 aromatic rings. The van der Waals surface area contributed by atoms with Crippen LogP contribution in [0.4, 0.5) is 23.3 Å². The van der Waals surface area contributed by atoms with Gasteiger partial charge in [0, 0.05) is 34.6 Å². The Morgan fingerprint density at radius 1 is 1.00 bits per heavy atom. The molecule has 1 aliphatic heterocycles. The Bertz CT molecular complexity index is 1650. The van der Waals surface area contributed by atoms with Crippen LogP contribution in [0.15, 0.2) is 66.7 Å². The fourth-order valence-corrected chi connectivity index (χ4v) is 4.96. The molecule has 5 N–H and O–H groups in total. The minimum absolute atomic E-state index is 0.00361. The molecule has 1 aliphatic rings. The number of nitrogens with zero attached hydrogens (tertiary/aromatic N) is 4. The van der Waals surface area contributed by atoms with Gasteiger partial charge in [-0.15, -0.1) is 0 Å². The summed E-state index contributed by atoms with van der Waals surface area (Å²) in [6.07, 6.45) is 0. The molecule has 0 radical (unpaired) electrons. The maximum Gasteiger partial charge on any atom is 0.255 e. The summed E-state index contributed by atoms with van der Waals surface area (Å²) in [6.45, 7) is 9.28. The maximum atomic E-state index is 13.1. The summed E-state index contributed by atoms with van der Waals surface area (Å²) in [6, 6.07) is 19.6. The van der Waals surface area contributed by atoms with E-state index in [1.54, 1.807) is 29.2 Å². The van der Waals surface area contributed by atoms with Gasteiger partial charge in [0.2, 0.25) is 11.9 Å². The van der Waals surface area contributed by atoms with Gasteiger partial charge < -0.3 is 31.1 Å². The third-order valence-electron chi connectivity index (χ3n) is 7.58. The second-order valence-corrected chi connectivity index (χ2v) is 11.7. The molecule has 44 heavy (non-hydrogen) atoms. The molecule has 3 aromatic carbocycles. The van der Waals surface area contributed by atoms with Crippen molar-refractivity contribution in [1.29, 1.82) is 0 Å². The van der Waals surface area contributed by atoms with Crippen molar-refractivity contribution in [2.75, 3.05) is 42.7 Å². The number of nitrogens with one attached hydrogen (secondary N) is 2. The largest absolute Gasteiger partial charge is 0.394 e. The number of hydrogen-bond acceptors (Lipinski definition) is 9. The van der Waals surface area contributed by atoms with Crippen LogP contribution in [0.5, 0.6) is 0 Å². The number of benzene rings is 3. The number of nitrogens with two attached hydrogens (primary N) is 1. The van der Waals surface area contributed by atoms with E-state index in [1.807, 2.05) is 49.4 Å². The van der Waals surface area contributed by atoms with Crippen LogP contribution in [0, 0.1) is 6.92 Å². The summed E-state index contributed by atoms with van der Waals surface area (Å²) < 4.78 is 5.38. The van der Waals surface area contributed by atoms with Crippen LogP contribution in [-0.4, -0.2) is 69.2 Å². The van der Waals surface area contributed by atoms with Crippen molar-refractivity contribution in [2.24, 2.45) is 0 Å². The Hall–Kier alpha value is -4.87. The van der Waals surface area contributed by atoms with Crippen molar-refractivity contribution in [3.63, 3.8) is 0 Å². The highest BCUT2D eigenvalue weighted by Crippen LogP contribution is 2.29. The van der Waals surface area contributed by atoms with Gasteiger partial charge in [0.25, 0.3) is 11.8 Å². The number of morpholine rings is 1. The van der Waals surface area contributed by atoms with Gasteiger partial charge in [-0.05, 0) is 65.9 Å². The van der Waals surface area contributed by atoms with E-state index in [1.165, 1.54) is 0 Å². The SMILES string of the molecule is Cc1c(NC(=O)c2ccc(C(C)(C)C)cc2)cccc1-c1nc(N)nc(Nc2ccc(C(=O)N3CCOCC3CO)cc2)n1. The first kappa shape index (κ1) is 30.6. The number of nitrogen functional groups attached to an aromatic ring is 1. The fourth-order valence-electron chi connectivity index (χ4n) is 4.96. The van der Waals surface area contributed by atoms with Crippen molar-refractivity contribution >= 4 is 35.1 Å². The Morgan fingerprint density at radius 2 is 1.70 bits per heavy atom. The topological polar surface area (TPSA) is 156 Å². The van der Waals surface area contributed by atoms with E-state index in [0.29, 0.717) is 53.6 Å². The van der Waals surface area contributed by atoms with Gasteiger partial charge in [0.15, 0.2) is 5.82 Å². The lowest BCUT2D eigenvalue weighted by atomic mass is 9.86. The number of carbonyl (C=O) groups excluding carboxylic acids is 2. The molecule has 1 atom stereocenters. The molecule has 1 fully saturated rings. The van der Waals surface area contributed by atoms with E-state index in [2.05, 4.69) is 46.4 Å². The van der Waals surface area contributed by atoms with Crippen molar-refractivity contribution in [3.8, 4) is 11.4 Å². The van der Waals surface area contributed by atoms with E-state index >= 15 is 0 Å². The average molecular weight is 596 g/mol. The van der Waals surface area contributed by atoms with E-state index in [0.717, 1.165) is 11.1 Å². The number of aliphatic hydroxyl groups excluding tert-OH is 1. The first-order valence-corrected chi connectivity index (χ1v) is 14.4. The number of ether oxygens (including phenoxy) is 1. The molecule has 5 rings (SSSR count). The smallest absolute Gasteiger partial charge is 0.255 e. The van der Waals surface area contributed by atoms with Gasteiger partial charge in [0.05, 0.1) is 25.9 Å². The lowest BCUT2D eigenvalue weighted by Crippen LogP contribution is -2.50. The molecule has 1 unspecified atom stereocenters. The number of aromatic nitrogens is 3. The molecule has 1 aromatic heterocycles. The summed E-state index contributed by atoms with van der Waals surface area (Å²) in [5, 5.41) is 15.7. The average Bonchev–Trinajstić information content (AvgIpc) is 3.01. The first-order chi connectivity index (χ1) is 21.0. The van der Waals surface area contributed by atoms with Gasteiger partial charge in [-0.3, -0.25) is 9.59 Å². The lowest BCUT2D eigenvalue weighted by molar-refractivity contribution is -0.0183. The molecule has 228 valence electrons. The molecule has 2 amide bonds. The highest BCUT2D eigenvalue weighted by atomic mass is 16.5. The minimum atomic E-state index is -0.365. The normalized spacial score (nSPS) is 15.1. The molecular weight excluding hydrogens is 558 g/mol. The first-order valence-electron chi connectivity index (χ1n) is 14.4. The Morgan fingerprint density at radius 3 is 2.39 bits per heavy atom. The Balaban J connectivity index is 1.32. The van der Waals surface area contributed by atoms with Gasteiger partial charge >= 0.3 is 0 Å². The zero-order chi connectivity index (χ0) is 31.4. The number of carbonyl (C=O) groups is 2. The fraction of sp³-hybridized carbons (Fsp3) is 0.303. The highest BCUT2D eigenvalue weighted by Gasteiger charge is 2.27. The third-order valence-corrected chi connectivity index (χ3v) is 7.58. The molecule has 0 saturated carbocycles. The third kappa shape index (κ3) is 6.85. The van der Waals surface area contributed by atoms with E-state index < -0.39 is 0 Å². The molecule has 0 bridgehead atoms. The van der Waals surface area contributed by atoms with Crippen LogP contribution < -0.4 is 16.4 Å². The maximum absolute atomic E-state index is 13.1. The Kier molecular flexibility index (Phi) is 8.88.